The molecule has 8 nitrogen and oxygen atoms in total. The Bertz CT molecular complexity index is 1680. The smallest absolute Gasteiger partial charge is 0.308 e. The molecule has 4 aromatic rings. The molecule has 5 rings (SSSR count). The highest BCUT2D eigenvalue weighted by Crippen LogP contribution is 2.42. The normalized spacial score (nSPS) is 14.0. The second-order valence-corrected chi connectivity index (χ2v) is 12.4. The average Bonchev–Trinajstić information content (AvgIpc) is 2.97. The summed E-state index contributed by atoms with van der Waals surface area (Å²) >= 11 is 0. The first-order chi connectivity index (χ1) is 20.2. The Kier molecular flexibility index (Phi) is 8.99. The molecule has 0 atom stereocenters. The van der Waals surface area contributed by atoms with Crippen LogP contribution in [0.4, 0.5) is 0 Å². The van der Waals surface area contributed by atoms with Crippen LogP contribution in [0.5, 0.6) is 28.7 Å². The first-order valence-electron chi connectivity index (χ1n) is 14.0. The number of ether oxygens (including phenoxy) is 4. The Labute approximate surface area is 246 Å². The number of hydrogen-bond acceptors (Lipinski definition) is 8. The van der Waals surface area contributed by atoms with Crippen molar-refractivity contribution in [3.63, 3.8) is 0 Å². The minimum absolute atomic E-state index is 0.110. The highest BCUT2D eigenvalue weighted by atomic mass is 32.2. The van der Waals surface area contributed by atoms with Gasteiger partial charge in [0.05, 0.1) is 7.11 Å². The fraction of sp³-hybridized carbons (Fsp3) is 0.303. The molecular weight excluding hydrogens is 554 g/mol. The molecule has 0 unspecified atom stereocenters. The first-order valence-corrected chi connectivity index (χ1v) is 15.9. The third-order valence-electron chi connectivity index (χ3n) is 7.25. The molecule has 0 amide bonds. The van der Waals surface area contributed by atoms with Crippen LogP contribution in [0.3, 0.4) is 0 Å². The maximum Gasteiger partial charge on any atom is 0.308 e. The third-order valence-corrected chi connectivity index (χ3v) is 8.38. The largest absolute Gasteiger partial charge is 0.495 e. The van der Waals surface area contributed by atoms with Gasteiger partial charge in [0.15, 0.2) is 9.84 Å². The molecule has 0 saturated carbocycles. The van der Waals surface area contributed by atoms with Gasteiger partial charge in [0.25, 0.3) is 0 Å². The van der Waals surface area contributed by atoms with Crippen molar-refractivity contribution in [2.24, 2.45) is 0 Å². The van der Waals surface area contributed by atoms with Gasteiger partial charge in [-0.3, -0.25) is 9.69 Å². The summed E-state index contributed by atoms with van der Waals surface area (Å²) in [5, 5.41) is 1.60. The zero-order chi connectivity index (χ0) is 29.7. The Morgan fingerprint density at radius 2 is 1.57 bits per heavy atom. The van der Waals surface area contributed by atoms with Crippen LogP contribution in [0.2, 0.25) is 0 Å². The van der Waals surface area contributed by atoms with Crippen molar-refractivity contribution in [1.82, 2.24) is 4.90 Å². The van der Waals surface area contributed by atoms with E-state index in [1.807, 2.05) is 42.5 Å². The van der Waals surface area contributed by atoms with Crippen LogP contribution in [0.25, 0.3) is 21.9 Å². The Morgan fingerprint density at radius 1 is 0.857 bits per heavy atom. The minimum atomic E-state index is -3.48. The molecular formula is C33H35NO7S. The van der Waals surface area contributed by atoms with Crippen molar-refractivity contribution in [3.8, 4) is 39.9 Å². The summed E-state index contributed by atoms with van der Waals surface area (Å²) in [7, 11) is -2.04. The predicted octanol–water partition coefficient (Wildman–Crippen LogP) is 6.50. The van der Waals surface area contributed by atoms with Crippen molar-refractivity contribution in [1.29, 1.82) is 0 Å². The predicted molar refractivity (Wildman–Crippen MR) is 163 cm³/mol. The van der Waals surface area contributed by atoms with E-state index >= 15 is 0 Å². The molecule has 4 aromatic carbocycles. The molecule has 0 bridgehead atoms. The summed E-state index contributed by atoms with van der Waals surface area (Å²) in [5.74, 6) is 2.21. The molecule has 0 aromatic heterocycles. The average molecular weight is 590 g/mol. The molecule has 42 heavy (non-hydrogen) atoms. The van der Waals surface area contributed by atoms with Crippen molar-refractivity contribution in [2.45, 2.75) is 31.1 Å². The molecule has 1 saturated heterocycles. The Morgan fingerprint density at radius 3 is 2.26 bits per heavy atom. The SMILES string of the molecule is COc1cc(-c2ccc3cc(OC(C)=O)ccc3c2Oc2ccc(OCCN3CCCCC3)cc2)ccc1S(C)(=O)=O. The molecule has 9 heteroatoms. The number of carbonyl (C=O) groups excluding carboxylic acids is 1. The van der Waals surface area contributed by atoms with E-state index in [1.165, 1.54) is 39.4 Å². The number of rotatable bonds is 10. The van der Waals surface area contributed by atoms with Gasteiger partial charge in [-0.2, -0.15) is 0 Å². The van der Waals surface area contributed by atoms with E-state index in [4.69, 9.17) is 18.9 Å². The standard InChI is InChI=1S/C33H35NO7S/c1-23(35)40-28-13-15-30-24(21-28)7-14-29(25-8-16-32(42(3,36)37)31(22-25)38-2)33(30)41-27-11-9-26(10-12-27)39-20-19-34-17-5-4-6-18-34/h7-16,21-22H,4-6,17-20H2,1-3H3. The molecule has 1 heterocycles. The lowest BCUT2D eigenvalue weighted by atomic mass is 9.99. The van der Waals surface area contributed by atoms with Crippen molar-refractivity contribution >= 4 is 26.6 Å². The second kappa shape index (κ2) is 12.8. The maximum absolute atomic E-state index is 12.3. The van der Waals surface area contributed by atoms with E-state index in [0.717, 1.165) is 53.5 Å². The number of nitrogens with zero attached hydrogens (tertiary/aromatic N) is 1. The summed E-state index contributed by atoms with van der Waals surface area (Å²) in [6.07, 6.45) is 4.96. The zero-order valence-corrected chi connectivity index (χ0v) is 24.9. The number of methoxy groups -OCH3 is 1. The maximum atomic E-state index is 12.3. The van der Waals surface area contributed by atoms with Gasteiger partial charge in [-0.1, -0.05) is 18.6 Å². The lowest BCUT2D eigenvalue weighted by molar-refractivity contribution is -0.131. The van der Waals surface area contributed by atoms with Gasteiger partial charge in [0.1, 0.15) is 40.2 Å². The van der Waals surface area contributed by atoms with Gasteiger partial charge < -0.3 is 18.9 Å². The number of likely N-dealkylation sites (tertiary alicyclic amines) is 1. The van der Waals surface area contributed by atoms with Gasteiger partial charge in [0.2, 0.25) is 0 Å². The second-order valence-electron chi connectivity index (χ2n) is 10.4. The number of fused-ring (bicyclic) bond motifs is 1. The minimum Gasteiger partial charge on any atom is -0.495 e. The molecule has 1 aliphatic heterocycles. The fourth-order valence-corrected chi connectivity index (χ4v) is 6.01. The van der Waals surface area contributed by atoms with Crippen molar-refractivity contribution in [2.75, 3.05) is 39.6 Å². The highest BCUT2D eigenvalue weighted by molar-refractivity contribution is 7.90. The Hall–Kier alpha value is -4.08. The summed E-state index contributed by atoms with van der Waals surface area (Å²) < 4.78 is 47.7. The molecule has 0 aliphatic carbocycles. The lowest BCUT2D eigenvalue weighted by Gasteiger charge is -2.26. The Balaban J connectivity index is 1.46. The van der Waals surface area contributed by atoms with E-state index in [0.29, 0.717) is 23.9 Å². The van der Waals surface area contributed by atoms with Gasteiger partial charge in [-0.25, -0.2) is 8.42 Å². The van der Waals surface area contributed by atoms with Crippen LogP contribution in [-0.4, -0.2) is 58.9 Å². The summed E-state index contributed by atoms with van der Waals surface area (Å²) in [6.45, 7) is 5.16. The van der Waals surface area contributed by atoms with Gasteiger partial charge in [-0.15, -0.1) is 0 Å². The van der Waals surface area contributed by atoms with Crippen LogP contribution < -0.4 is 18.9 Å². The highest BCUT2D eigenvalue weighted by Gasteiger charge is 2.19. The fourth-order valence-electron chi connectivity index (χ4n) is 5.18. The van der Waals surface area contributed by atoms with Crippen LogP contribution in [0.15, 0.2) is 77.7 Å². The van der Waals surface area contributed by atoms with E-state index < -0.39 is 15.8 Å². The number of sulfone groups is 1. The molecule has 1 fully saturated rings. The van der Waals surface area contributed by atoms with Crippen LogP contribution in [0.1, 0.15) is 26.2 Å². The van der Waals surface area contributed by atoms with Gasteiger partial charge >= 0.3 is 5.97 Å². The topological polar surface area (TPSA) is 91.4 Å². The molecule has 0 spiro atoms. The van der Waals surface area contributed by atoms with E-state index in [9.17, 15) is 13.2 Å². The number of benzene rings is 4. The quantitative estimate of drug-likeness (QED) is 0.153. The van der Waals surface area contributed by atoms with Crippen LogP contribution in [0, 0.1) is 0 Å². The van der Waals surface area contributed by atoms with E-state index in [1.54, 1.807) is 24.3 Å². The molecule has 220 valence electrons. The van der Waals surface area contributed by atoms with Crippen LogP contribution in [-0.2, 0) is 14.6 Å². The number of hydrogen-bond donors (Lipinski definition) is 0. The number of esters is 1. The first kappa shape index (κ1) is 29.4. The van der Waals surface area contributed by atoms with E-state index in [2.05, 4.69) is 4.90 Å². The summed E-state index contributed by atoms with van der Waals surface area (Å²) in [4.78, 5) is 14.1. The lowest BCUT2D eigenvalue weighted by Crippen LogP contribution is -2.33. The van der Waals surface area contributed by atoms with Crippen LogP contribution >= 0.6 is 0 Å². The van der Waals surface area contributed by atoms with Crippen molar-refractivity contribution < 1.29 is 32.2 Å². The monoisotopic (exact) mass is 589 g/mol. The van der Waals surface area contributed by atoms with Gasteiger partial charge in [0, 0.05) is 30.7 Å². The third kappa shape index (κ3) is 7.03. The van der Waals surface area contributed by atoms with Crippen molar-refractivity contribution in [3.05, 3.63) is 72.8 Å². The van der Waals surface area contributed by atoms with E-state index in [-0.39, 0.29) is 10.6 Å². The molecule has 1 aliphatic rings. The summed E-state index contributed by atoms with van der Waals surface area (Å²) in [6, 6.07) is 21.6. The molecule has 0 radical (unpaired) electrons. The van der Waals surface area contributed by atoms with Gasteiger partial charge in [-0.05, 0) is 97.5 Å². The molecule has 0 N–H and O–H groups in total. The number of piperidine rings is 1. The zero-order valence-electron chi connectivity index (χ0n) is 24.1. The summed E-state index contributed by atoms with van der Waals surface area (Å²) in [5.41, 5.74) is 1.46. The number of carbonyl (C=O) groups is 1.